The Morgan fingerprint density at radius 3 is 2.56 bits per heavy atom. The molecule has 2 saturated heterocycles. The van der Waals surface area contributed by atoms with E-state index in [0.717, 1.165) is 5.56 Å². The van der Waals surface area contributed by atoms with Crippen molar-refractivity contribution in [3.8, 4) is 0 Å². The first kappa shape index (κ1) is 17.9. The van der Waals surface area contributed by atoms with E-state index in [1.54, 1.807) is 25.8 Å². The Hall–Kier alpha value is -1.92. The molecule has 0 spiro atoms. The summed E-state index contributed by atoms with van der Waals surface area (Å²) in [5, 5.41) is 1.67. The largest absolute Gasteiger partial charge is 0.462 e. The van der Waals surface area contributed by atoms with E-state index in [0.29, 0.717) is 6.54 Å². The molecule has 25 heavy (non-hydrogen) atoms. The quantitative estimate of drug-likeness (QED) is 0.779. The fourth-order valence-corrected chi connectivity index (χ4v) is 3.29. The molecule has 0 radical (unpaired) electrons. The smallest absolute Gasteiger partial charge is 0.326 e. The summed E-state index contributed by atoms with van der Waals surface area (Å²) in [6, 6.07) is 9.33. The molecule has 0 aliphatic carbocycles. The van der Waals surface area contributed by atoms with E-state index < -0.39 is 11.5 Å². The van der Waals surface area contributed by atoms with Gasteiger partial charge in [-0.15, -0.1) is 0 Å². The van der Waals surface area contributed by atoms with Crippen molar-refractivity contribution in [1.29, 1.82) is 0 Å². The van der Waals surface area contributed by atoms with Gasteiger partial charge in [0.1, 0.15) is 24.9 Å². The summed E-state index contributed by atoms with van der Waals surface area (Å²) < 4.78 is 10.8. The number of hydrogen-bond acceptors (Lipinski definition) is 6. The van der Waals surface area contributed by atoms with Crippen molar-refractivity contribution in [2.75, 3.05) is 6.61 Å². The number of hydrogen-bond donors (Lipinski definition) is 0. The van der Waals surface area contributed by atoms with Crippen LogP contribution in [-0.2, 0) is 30.4 Å². The minimum atomic E-state index is -0.574. The predicted octanol–water partition coefficient (Wildman–Crippen LogP) is 2.32. The van der Waals surface area contributed by atoms with Crippen LogP contribution >= 0.6 is 0 Å². The number of hydroxylamine groups is 2. The minimum Gasteiger partial charge on any atom is -0.462 e. The second kappa shape index (κ2) is 6.77. The van der Waals surface area contributed by atoms with Crippen LogP contribution in [0.25, 0.3) is 0 Å². The number of carbonyl (C=O) groups excluding carboxylic acids is 2. The highest BCUT2D eigenvalue weighted by Gasteiger charge is 2.56. The third-order valence-electron chi connectivity index (χ3n) is 4.63. The average Bonchev–Trinajstić information content (AvgIpc) is 3.04. The number of benzene rings is 1. The predicted molar refractivity (Wildman–Crippen MR) is 90.1 cm³/mol. The van der Waals surface area contributed by atoms with E-state index in [1.807, 2.05) is 37.3 Å². The molecule has 4 atom stereocenters. The van der Waals surface area contributed by atoms with Crippen molar-refractivity contribution in [3.05, 3.63) is 35.9 Å². The van der Waals surface area contributed by atoms with Gasteiger partial charge in [-0.3, -0.25) is 14.4 Å². The van der Waals surface area contributed by atoms with Crippen LogP contribution in [0.15, 0.2) is 30.3 Å². The lowest BCUT2D eigenvalue weighted by molar-refractivity contribution is -0.201. The Morgan fingerprint density at radius 2 is 1.92 bits per heavy atom. The number of esters is 2. The lowest BCUT2D eigenvalue weighted by Gasteiger charge is -2.22. The highest BCUT2D eigenvalue weighted by atomic mass is 16.7. The molecule has 136 valence electrons. The maximum absolute atomic E-state index is 12.3. The lowest BCUT2D eigenvalue weighted by Crippen LogP contribution is -2.35. The molecule has 2 aliphatic rings. The fraction of sp³-hybridized carbons (Fsp3) is 0.579. The number of nitrogens with zero attached hydrogens (tertiary/aromatic N) is 1. The molecule has 0 saturated carbocycles. The topological polar surface area (TPSA) is 65.1 Å². The van der Waals surface area contributed by atoms with Gasteiger partial charge < -0.3 is 9.47 Å². The van der Waals surface area contributed by atoms with E-state index >= 15 is 0 Å². The number of fused-ring (bicyclic) bond motifs is 1. The average molecular weight is 347 g/mol. The molecule has 0 aromatic heterocycles. The first-order chi connectivity index (χ1) is 11.8. The van der Waals surface area contributed by atoms with E-state index in [-0.39, 0.29) is 36.7 Å². The molecule has 1 aromatic carbocycles. The number of carbonyl (C=O) groups is 2. The van der Waals surface area contributed by atoms with E-state index in [9.17, 15) is 9.59 Å². The maximum Gasteiger partial charge on any atom is 0.326 e. The third kappa shape index (κ3) is 3.70. The van der Waals surface area contributed by atoms with E-state index in [4.69, 9.17) is 14.3 Å². The van der Waals surface area contributed by atoms with Gasteiger partial charge in [0, 0.05) is 0 Å². The minimum absolute atomic E-state index is 0.115. The van der Waals surface area contributed by atoms with Crippen molar-refractivity contribution in [2.24, 2.45) is 11.3 Å². The number of ether oxygens (including phenoxy) is 2. The summed E-state index contributed by atoms with van der Waals surface area (Å²) in [5.41, 5.74) is 0.468. The molecule has 0 unspecified atom stereocenters. The Bertz CT molecular complexity index is 639. The summed E-state index contributed by atoms with van der Waals surface area (Å²) in [6.45, 7) is 7.87. The molecule has 6 nitrogen and oxygen atoms in total. The van der Waals surface area contributed by atoms with Crippen molar-refractivity contribution in [2.45, 2.75) is 52.5 Å². The van der Waals surface area contributed by atoms with Crippen molar-refractivity contribution in [1.82, 2.24) is 5.06 Å². The SMILES string of the molecule is C[C@@H]1OC(=O)[C@H]2[C@@H]1[C@H](COC(=O)C(C)(C)C)ON2Cc1ccccc1. The fourth-order valence-electron chi connectivity index (χ4n) is 3.29. The third-order valence-corrected chi connectivity index (χ3v) is 4.63. The molecule has 0 bridgehead atoms. The second-order valence-electron chi connectivity index (χ2n) is 7.72. The van der Waals surface area contributed by atoms with E-state index in [2.05, 4.69) is 0 Å². The van der Waals surface area contributed by atoms with Crippen LogP contribution < -0.4 is 0 Å². The zero-order chi connectivity index (χ0) is 18.2. The van der Waals surface area contributed by atoms with Gasteiger partial charge >= 0.3 is 11.9 Å². The van der Waals surface area contributed by atoms with Gasteiger partial charge in [-0.05, 0) is 33.3 Å². The maximum atomic E-state index is 12.3. The van der Waals surface area contributed by atoms with Crippen LogP contribution in [-0.4, -0.2) is 41.9 Å². The van der Waals surface area contributed by atoms with Gasteiger partial charge in [0.2, 0.25) is 0 Å². The molecule has 2 aliphatic heterocycles. The van der Waals surface area contributed by atoms with Crippen LogP contribution in [0.4, 0.5) is 0 Å². The number of rotatable bonds is 4. The summed E-state index contributed by atoms with van der Waals surface area (Å²) in [6.07, 6.45) is -0.655. The number of cyclic esters (lactones) is 1. The Balaban J connectivity index is 1.72. The molecular weight excluding hydrogens is 322 g/mol. The Kier molecular flexibility index (Phi) is 4.84. The molecule has 2 heterocycles. The molecule has 3 rings (SSSR count). The van der Waals surface area contributed by atoms with E-state index in [1.165, 1.54) is 0 Å². The van der Waals surface area contributed by atoms with Crippen LogP contribution in [0.1, 0.15) is 33.3 Å². The first-order valence-corrected chi connectivity index (χ1v) is 8.62. The Labute approximate surface area is 148 Å². The van der Waals surface area contributed by atoms with Gasteiger partial charge in [-0.1, -0.05) is 30.3 Å². The van der Waals surface area contributed by atoms with Crippen LogP contribution in [0.2, 0.25) is 0 Å². The molecule has 6 heteroatoms. The lowest BCUT2D eigenvalue weighted by atomic mass is 9.92. The monoisotopic (exact) mass is 347 g/mol. The highest BCUT2D eigenvalue weighted by Crippen LogP contribution is 2.38. The molecule has 0 amide bonds. The van der Waals surface area contributed by atoms with Crippen LogP contribution in [0.5, 0.6) is 0 Å². The normalized spacial score (nSPS) is 29.4. The van der Waals surface area contributed by atoms with Gasteiger partial charge in [0.15, 0.2) is 0 Å². The summed E-state index contributed by atoms with van der Waals surface area (Å²) >= 11 is 0. The van der Waals surface area contributed by atoms with Gasteiger partial charge in [0.05, 0.1) is 17.9 Å². The summed E-state index contributed by atoms with van der Waals surface area (Å²) in [7, 11) is 0. The molecular formula is C19H25NO5. The van der Waals surface area contributed by atoms with Gasteiger partial charge in [-0.2, -0.15) is 5.06 Å². The summed E-state index contributed by atoms with van der Waals surface area (Å²) in [5.74, 6) is -0.714. The zero-order valence-corrected chi connectivity index (χ0v) is 15.1. The van der Waals surface area contributed by atoms with Crippen molar-refractivity contribution >= 4 is 11.9 Å². The van der Waals surface area contributed by atoms with Gasteiger partial charge in [-0.25, -0.2) is 0 Å². The van der Waals surface area contributed by atoms with Crippen molar-refractivity contribution < 1.29 is 23.9 Å². The highest BCUT2D eigenvalue weighted by molar-refractivity contribution is 5.79. The van der Waals surface area contributed by atoms with Gasteiger partial charge in [0.25, 0.3) is 0 Å². The first-order valence-electron chi connectivity index (χ1n) is 8.62. The van der Waals surface area contributed by atoms with Crippen molar-refractivity contribution in [3.63, 3.8) is 0 Å². The molecule has 2 fully saturated rings. The molecule has 1 aromatic rings. The Morgan fingerprint density at radius 1 is 1.24 bits per heavy atom. The van der Waals surface area contributed by atoms with Crippen LogP contribution in [0, 0.1) is 11.3 Å². The summed E-state index contributed by atoms with van der Waals surface area (Å²) in [4.78, 5) is 30.3. The standard InChI is InChI=1S/C19H25NO5/c1-12-15-14(11-23-18(22)19(2,3)4)25-20(16(15)17(21)24-12)10-13-8-6-5-7-9-13/h5-9,12,14-16H,10-11H2,1-4H3/t12-,14-,15-,16+/m0/s1. The second-order valence-corrected chi connectivity index (χ2v) is 7.72. The molecule has 0 N–H and O–H groups in total. The van der Waals surface area contributed by atoms with Crippen LogP contribution in [0.3, 0.4) is 0 Å². The zero-order valence-electron chi connectivity index (χ0n) is 15.1.